The summed E-state index contributed by atoms with van der Waals surface area (Å²) in [6, 6.07) is 14.5. The second-order valence-corrected chi connectivity index (χ2v) is 8.12. The van der Waals surface area contributed by atoms with Gasteiger partial charge in [-0.2, -0.15) is 0 Å². The maximum absolute atomic E-state index is 12.8. The molecule has 0 atom stereocenters. The molecule has 0 fully saturated rings. The van der Waals surface area contributed by atoms with E-state index in [4.69, 9.17) is 4.74 Å². The first-order valence-corrected chi connectivity index (χ1v) is 10.7. The molecule has 4 rings (SSSR count). The third kappa shape index (κ3) is 4.49. The van der Waals surface area contributed by atoms with Gasteiger partial charge in [0.1, 0.15) is 0 Å². The molecule has 158 valence electrons. The zero-order valence-corrected chi connectivity index (χ0v) is 17.4. The third-order valence-corrected chi connectivity index (χ3v) is 5.90. The lowest BCUT2D eigenvalue weighted by molar-refractivity contribution is -0.148. The number of amides is 3. The van der Waals surface area contributed by atoms with Gasteiger partial charge < -0.3 is 10.1 Å². The summed E-state index contributed by atoms with van der Waals surface area (Å²) < 4.78 is 4.98. The Bertz CT molecular complexity index is 1110. The van der Waals surface area contributed by atoms with Crippen molar-refractivity contribution in [2.45, 2.75) is 19.4 Å². The van der Waals surface area contributed by atoms with Crippen LogP contribution in [0.25, 0.3) is 10.8 Å². The molecule has 2 heterocycles. The molecule has 0 aliphatic carbocycles. The van der Waals surface area contributed by atoms with Gasteiger partial charge >= 0.3 is 5.97 Å². The number of ether oxygens (including phenoxy) is 1. The van der Waals surface area contributed by atoms with Crippen molar-refractivity contribution in [3.63, 3.8) is 0 Å². The van der Waals surface area contributed by atoms with Crippen LogP contribution in [0.15, 0.2) is 53.9 Å². The number of hydrogen-bond donors (Lipinski definition) is 1. The van der Waals surface area contributed by atoms with E-state index < -0.39 is 5.97 Å². The van der Waals surface area contributed by atoms with Crippen molar-refractivity contribution in [2.24, 2.45) is 0 Å². The molecular formula is C23H20N2O5S. The van der Waals surface area contributed by atoms with Crippen LogP contribution in [0, 0.1) is 0 Å². The number of benzene rings is 2. The van der Waals surface area contributed by atoms with Gasteiger partial charge in [-0.05, 0) is 35.4 Å². The normalized spacial score (nSPS) is 12.8. The predicted octanol–water partition coefficient (Wildman–Crippen LogP) is 3.14. The molecule has 1 aliphatic rings. The molecule has 0 bridgehead atoms. The van der Waals surface area contributed by atoms with E-state index in [1.165, 1.54) is 11.3 Å². The third-order valence-electron chi connectivity index (χ3n) is 5.02. The molecule has 1 N–H and O–H groups in total. The molecule has 0 spiro atoms. The quantitative estimate of drug-likeness (QED) is 0.433. The Morgan fingerprint density at radius 2 is 1.68 bits per heavy atom. The molecule has 0 saturated carbocycles. The standard InChI is InChI=1S/C23H20N2O5S/c26-19(24-13-16-7-4-12-31-16)14-30-20(27)10-3-11-25-22(28)17-8-1-5-15-6-2-9-18(21(15)17)23(25)29/h1-2,4-9,12H,3,10-11,13-14H2,(H,24,26). The van der Waals surface area contributed by atoms with Crippen molar-refractivity contribution in [1.82, 2.24) is 10.2 Å². The summed E-state index contributed by atoms with van der Waals surface area (Å²) in [5, 5.41) is 6.11. The van der Waals surface area contributed by atoms with E-state index in [9.17, 15) is 19.2 Å². The lowest BCUT2D eigenvalue weighted by atomic mass is 9.94. The molecule has 8 heteroatoms. The van der Waals surface area contributed by atoms with E-state index in [1.807, 2.05) is 29.6 Å². The van der Waals surface area contributed by atoms with E-state index >= 15 is 0 Å². The van der Waals surface area contributed by atoms with Crippen molar-refractivity contribution < 1.29 is 23.9 Å². The van der Waals surface area contributed by atoms with E-state index in [-0.39, 0.29) is 43.7 Å². The molecule has 0 radical (unpaired) electrons. The fraction of sp³-hybridized carbons (Fsp3) is 0.217. The van der Waals surface area contributed by atoms with E-state index in [1.54, 1.807) is 24.3 Å². The lowest BCUT2D eigenvalue weighted by Gasteiger charge is -2.27. The number of esters is 1. The zero-order valence-electron chi connectivity index (χ0n) is 16.6. The van der Waals surface area contributed by atoms with Crippen LogP contribution in [-0.4, -0.2) is 41.7 Å². The number of nitrogens with zero attached hydrogens (tertiary/aromatic N) is 1. The minimum atomic E-state index is -0.550. The van der Waals surface area contributed by atoms with Gasteiger partial charge in [-0.25, -0.2) is 0 Å². The Morgan fingerprint density at radius 1 is 0.968 bits per heavy atom. The van der Waals surface area contributed by atoms with Gasteiger partial charge in [0.05, 0.1) is 6.54 Å². The Kier molecular flexibility index (Phi) is 6.08. The molecule has 3 aromatic rings. The van der Waals surface area contributed by atoms with Crippen LogP contribution < -0.4 is 5.32 Å². The second-order valence-electron chi connectivity index (χ2n) is 7.09. The number of carbonyl (C=O) groups excluding carboxylic acids is 4. The summed E-state index contributed by atoms with van der Waals surface area (Å²) >= 11 is 1.53. The first kappa shape index (κ1) is 20.7. The summed E-state index contributed by atoms with van der Waals surface area (Å²) in [4.78, 5) is 51.5. The largest absolute Gasteiger partial charge is 0.456 e. The van der Waals surface area contributed by atoms with Crippen LogP contribution in [0.1, 0.15) is 38.4 Å². The van der Waals surface area contributed by atoms with Gasteiger partial charge in [0.25, 0.3) is 17.7 Å². The minimum absolute atomic E-state index is 0.00110. The molecule has 0 saturated heterocycles. The Hall–Kier alpha value is -3.52. The highest BCUT2D eigenvalue weighted by molar-refractivity contribution is 7.09. The predicted molar refractivity (Wildman–Crippen MR) is 116 cm³/mol. The van der Waals surface area contributed by atoms with Crippen LogP contribution in [0.3, 0.4) is 0 Å². The van der Waals surface area contributed by atoms with Crippen molar-refractivity contribution >= 4 is 45.8 Å². The molecule has 31 heavy (non-hydrogen) atoms. The van der Waals surface area contributed by atoms with Crippen molar-refractivity contribution in [3.05, 3.63) is 69.9 Å². The van der Waals surface area contributed by atoms with Crippen LogP contribution >= 0.6 is 11.3 Å². The maximum atomic E-state index is 12.8. The van der Waals surface area contributed by atoms with Crippen LogP contribution in [-0.2, 0) is 20.9 Å². The number of carbonyl (C=O) groups is 4. The molecule has 1 aromatic heterocycles. The summed E-state index contributed by atoms with van der Waals surface area (Å²) in [5.41, 5.74) is 0.968. The average molecular weight is 436 g/mol. The van der Waals surface area contributed by atoms with E-state index in [2.05, 4.69) is 5.32 Å². The monoisotopic (exact) mass is 436 g/mol. The number of imide groups is 1. The van der Waals surface area contributed by atoms with Gasteiger partial charge in [-0.15, -0.1) is 11.3 Å². The van der Waals surface area contributed by atoms with Crippen LogP contribution in [0.4, 0.5) is 0 Å². The van der Waals surface area contributed by atoms with Gasteiger partial charge in [0, 0.05) is 34.4 Å². The molecular weight excluding hydrogens is 416 g/mol. The summed E-state index contributed by atoms with van der Waals surface area (Å²) in [6.07, 6.45) is 0.256. The molecule has 0 unspecified atom stereocenters. The minimum Gasteiger partial charge on any atom is -0.456 e. The summed E-state index contributed by atoms with van der Waals surface area (Å²) in [6.45, 7) is 0.130. The molecule has 2 aromatic carbocycles. The Labute approximate surface area is 182 Å². The van der Waals surface area contributed by atoms with Crippen LogP contribution in [0.2, 0.25) is 0 Å². The summed E-state index contributed by atoms with van der Waals surface area (Å²) in [5.74, 6) is -1.66. The number of nitrogens with one attached hydrogen (secondary N) is 1. The first-order valence-electron chi connectivity index (χ1n) is 9.87. The first-order chi connectivity index (χ1) is 15.0. The van der Waals surface area contributed by atoms with Crippen molar-refractivity contribution in [1.29, 1.82) is 0 Å². The second kappa shape index (κ2) is 9.09. The molecule has 7 nitrogen and oxygen atoms in total. The van der Waals surface area contributed by atoms with E-state index in [0.29, 0.717) is 23.1 Å². The highest BCUT2D eigenvalue weighted by Crippen LogP contribution is 2.30. The average Bonchev–Trinajstić information content (AvgIpc) is 3.30. The topological polar surface area (TPSA) is 92.8 Å². The highest BCUT2D eigenvalue weighted by Gasteiger charge is 2.32. The lowest BCUT2D eigenvalue weighted by Crippen LogP contribution is -2.41. The Morgan fingerprint density at radius 3 is 2.32 bits per heavy atom. The van der Waals surface area contributed by atoms with Gasteiger partial charge in [0.2, 0.25) is 0 Å². The van der Waals surface area contributed by atoms with Crippen molar-refractivity contribution in [2.75, 3.05) is 13.2 Å². The van der Waals surface area contributed by atoms with Crippen molar-refractivity contribution in [3.8, 4) is 0 Å². The summed E-state index contributed by atoms with van der Waals surface area (Å²) in [7, 11) is 0. The Balaban J connectivity index is 1.27. The highest BCUT2D eigenvalue weighted by atomic mass is 32.1. The maximum Gasteiger partial charge on any atom is 0.306 e. The smallest absolute Gasteiger partial charge is 0.306 e. The van der Waals surface area contributed by atoms with Gasteiger partial charge in [-0.3, -0.25) is 24.1 Å². The number of rotatable bonds is 8. The number of thiophene rings is 1. The fourth-order valence-corrected chi connectivity index (χ4v) is 4.18. The SMILES string of the molecule is O=C(COC(=O)CCCN1C(=O)c2cccc3cccc(c23)C1=O)NCc1cccs1. The van der Waals surface area contributed by atoms with E-state index in [0.717, 1.165) is 15.2 Å². The molecule has 1 aliphatic heterocycles. The zero-order chi connectivity index (χ0) is 21.8. The van der Waals surface area contributed by atoms with Crippen LogP contribution in [0.5, 0.6) is 0 Å². The molecule has 3 amide bonds. The fourth-order valence-electron chi connectivity index (χ4n) is 3.53. The van der Waals surface area contributed by atoms with Gasteiger partial charge in [-0.1, -0.05) is 30.3 Å². The number of hydrogen-bond acceptors (Lipinski definition) is 6. The van der Waals surface area contributed by atoms with Gasteiger partial charge in [0.15, 0.2) is 6.61 Å².